The van der Waals surface area contributed by atoms with Crippen LogP contribution in [-0.4, -0.2) is 24.5 Å². The third-order valence-electron chi connectivity index (χ3n) is 10.7. The third kappa shape index (κ3) is 5.83. The van der Waals surface area contributed by atoms with E-state index in [1.807, 2.05) is 54.6 Å². The number of oxazole rings is 1. The Morgan fingerprint density at radius 2 is 0.897 bits per heavy atom. The van der Waals surface area contributed by atoms with Gasteiger partial charge in [0.2, 0.25) is 11.8 Å². The van der Waals surface area contributed by atoms with E-state index in [1.165, 1.54) is 0 Å². The maximum atomic E-state index is 6.45. The fourth-order valence-electron chi connectivity index (χ4n) is 7.99. The number of nitrogens with zero attached hydrogens (tertiary/aromatic N) is 5. The maximum Gasteiger partial charge on any atom is 0.238 e. The number of hydrogen-bond acceptors (Lipinski definition) is 5. The van der Waals surface area contributed by atoms with Crippen LogP contribution in [0.1, 0.15) is 0 Å². The fraction of sp³-hybridized carbons (Fsp3) is 0. The summed E-state index contributed by atoms with van der Waals surface area (Å²) in [5, 5.41) is 2.28. The van der Waals surface area contributed by atoms with Gasteiger partial charge in [-0.2, -0.15) is 9.97 Å². The lowest BCUT2D eigenvalue weighted by molar-refractivity contribution is 0.621. The van der Waals surface area contributed by atoms with Crippen molar-refractivity contribution < 1.29 is 4.42 Å². The summed E-state index contributed by atoms with van der Waals surface area (Å²) in [5.74, 6) is 2.27. The van der Waals surface area contributed by atoms with Crippen molar-refractivity contribution in [2.45, 2.75) is 0 Å². The highest BCUT2D eigenvalue weighted by molar-refractivity contribution is 6.15. The zero-order chi connectivity index (χ0) is 38.4. The first kappa shape index (κ1) is 33.4. The van der Waals surface area contributed by atoms with Gasteiger partial charge in [-0.15, -0.1) is 0 Å². The van der Waals surface area contributed by atoms with Gasteiger partial charge in [-0.3, -0.25) is 4.57 Å². The standard InChI is InChI=1S/C52H33N5O/c1-4-16-34(17-5-1)37-22-12-24-39(32-37)49-54-50(40-25-13-23-38(33-40)42-28-14-29-44-48(42)58-51(53-44)36-20-8-3-9-21-36)56-52(55-49)57-45-30-11-10-26-43(45)47-41(27-15-31-46(47)57)35-18-6-2-7-19-35/h1-33H. The number of benzene rings is 8. The van der Waals surface area contributed by atoms with Crippen LogP contribution in [0.3, 0.4) is 0 Å². The summed E-state index contributed by atoms with van der Waals surface area (Å²) < 4.78 is 8.62. The molecule has 0 N–H and O–H groups in total. The fourth-order valence-corrected chi connectivity index (χ4v) is 7.99. The first-order valence-electron chi connectivity index (χ1n) is 19.3. The quantitative estimate of drug-likeness (QED) is 0.163. The summed E-state index contributed by atoms with van der Waals surface area (Å²) in [6.07, 6.45) is 0. The molecule has 0 aliphatic carbocycles. The van der Waals surface area contributed by atoms with E-state index >= 15 is 0 Å². The monoisotopic (exact) mass is 743 g/mol. The maximum absolute atomic E-state index is 6.45. The number of fused-ring (bicyclic) bond motifs is 4. The van der Waals surface area contributed by atoms with Crippen LogP contribution in [0.4, 0.5) is 0 Å². The molecule has 11 aromatic rings. The highest BCUT2D eigenvalue weighted by Crippen LogP contribution is 2.39. The minimum atomic E-state index is 0.539. The van der Waals surface area contributed by atoms with Gasteiger partial charge in [0.05, 0.1) is 11.0 Å². The van der Waals surface area contributed by atoms with Crippen molar-refractivity contribution >= 4 is 32.9 Å². The van der Waals surface area contributed by atoms with Crippen LogP contribution in [0, 0.1) is 0 Å². The molecule has 0 spiro atoms. The van der Waals surface area contributed by atoms with Gasteiger partial charge in [0, 0.05) is 33.0 Å². The van der Waals surface area contributed by atoms with Crippen LogP contribution < -0.4 is 0 Å². The van der Waals surface area contributed by atoms with Crippen LogP contribution in [-0.2, 0) is 0 Å². The molecule has 0 aliphatic rings. The van der Waals surface area contributed by atoms with Gasteiger partial charge in [0.15, 0.2) is 17.2 Å². The SMILES string of the molecule is c1ccc(-c2cccc(-c3nc(-c4cccc(-c5cccc6nc(-c7ccccc7)oc56)c4)nc(-n4c5ccccc5c5c(-c6ccccc6)cccc54)n3)c2)cc1. The van der Waals surface area contributed by atoms with Crippen LogP contribution >= 0.6 is 0 Å². The van der Waals surface area contributed by atoms with Crippen molar-refractivity contribution in [3.8, 4) is 73.6 Å². The highest BCUT2D eigenvalue weighted by atomic mass is 16.3. The Kier molecular flexibility index (Phi) is 8.04. The van der Waals surface area contributed by atoms with Gasteiger partial charge in [-0.25, -0.2) is 9.97 Å². The minimum Gasteiger partial charge on any atom is -0.435 e. The second-order valence-electron chi connectivity index (χ2n) is 14.3. The topological polar surface area (TPSA) is 69.6 Å². The second-order valence-corrected chi connectivity index (χ2v) is 14.3. The van der Waals surface area contributed by atoms with E-state index in [9.17, 15) is 0 Å². The molecule has 0 unspecified atom stereocenters. The Bertz CT molecular complexity index is 3280. The molecule has 0 saturated heterocycles. The average Bonchev–Trinajstić information content (AvgIpc) is 3.90. The molecule has 3 heterocycles. The molecule has 0 saturated carbocycles. The molecule has 0 radical (unpaired) electrons. The van der Waals surface area contributed by atoms with E-state index in [1.54, 1.807) is 0 Å². The van der Waals surface area contributed by atoms with Gasteiger partial charge >= 0.3 is 0 Å². The van der Waals surface area contributed by atoms with Crippen molar-refractivity contribution in [2.75, 3.05) is 0 Å². The van der Waals surface area contributed by atoms with Gasteiger partial charge in [0.25, 0.3) is 0 Å². The summed E-state index contributed by atoms with van der Waals surface area (Å²) in [5.41, 5.74) is 12.7. The van der Waals surface area contributed by atoms with Gasteiger partial charge in [0.1, 0.15) is 5.52 Å². The molecule has 0 aliphatic heterocycles. The Balaban J connectivity index is 1.12. The normalized spacial score (nSPS) is 11.4. The molecule has 11 rings (SSSR count). The summed E-state index contributed by atoms with van der Waals surface area (Å²) in [7, 11) is 0. The Hall–Kier alpha value is -7.96. The second kappa shape index (κ2) is 14.0. The summed E-state index contributed by atoms with van der Waals surface area (Å²) in [4.78, 5) is 20.6. The summed E-state index contributed by atoms with van der Waals surface area (Å²) in [6, 6.07) is 68.7. The minimum absolute atomic E-state index is 0.539. The molecule has 58 heavy (non-hydrogen) atoms. The van der Waals surface area contributed by atoms with Crippen molar-refractivity contribution in [3.05, 3.63) is 200 Å². The Morgan fingerprint density at radius 1 is 0.362 bits per heavy atom. The van der Waals surface area contributed by atoms with E-state index in [0.29, 0.717) is 23.5 Å². The van der Waals surface area contributed by atoms with Crippen molar-refractivity contribution in [2.24, 2.45) is 0 Å². The molecule has 3 aromatic heterocycles. The van der Waals surface area contributed by atoms with E-state index in [-0.39, 0.29) is 0 Å². The number of rotatable bonds is 7. The lowest BCUT2D eigenvalue weighted by atomic mass is 9.99. The molecule has 6 nitrogen and oxygen atoms in total. The first-order valence-corrected chi connectivity index (χ1v) is 19.3. The molecular weight excluding hydrogens is 711 g/mol. The van der Waals surface area contributed by atoms with Crippen molar-refractivity contribution in [3.63, 3.8) is 0 Å². The highest BCUT2D eigenvalue weighted by Gasteiger charge is 2.21. The molecule has 6 heteroatoms. The Morgan fingerprint density at radius 3 is 1.64 bits per heavy atom. The van der Waals surface area contributed by atoms with Crippen LogP contribution in [0.5, 0.6) is 0 Å². The molecule has 0 amide bonds. The van der Waals surface area contributed by atoms with E-state index in [4.69, 9.17) is 24.4 Å². The number of aromatic nitrogens is 5. The number of para-hydroxylation sites is 2. The third-order valence-corrected chi connectivity index (χ3v) is 10.7. The van der Waals surface area contributed by atoms with Crippen LogP contribution in [0.15, 0.2) is 205 Å². The van der Waals surface area contributed by atoms with Crippen molar-refractivity contribution in [1.29, 1.82) is 0 Å². The largest absolute Gasteiger partial charge is 0.435 e. The lowest BCUT2D eigenvalue weighted by Gasteiger charge is -2.12. The molecular formula is C52H33N5O. The summed E-state index contributed by atoms with van der Waals surface area (Å²) >= 11 is 0. The molecule has 0 bridgehead atoms. The van der Waals surface area contributed by atoms with Gasteiger partial charge in [-0.1, -0.05) is 158 Å². The zero-order valence-electron chi connectivity index (χ0n) is 31.2. The van der Waals surface area contributed by atoms with Gasteiger partial charge in [-0.05, 0) is 70.3 Å². The lowest BCUT2D eigenvalue weighted by Crippen LogP contribution is -2.06. The number of hydrogen-bond donors (Lipinski definition) is 0. The molecule has 0 fully saturated rings. The zero-order valence-corrected chi connectivity index (χ0v) is 31.2. The van der Waals surface area contributed by atoms with E-state index in [0.717, 1.165) is 83.0 Å². The van der Waals surface area contributed by atoms with Crippen LogP contribution in [0.25, 0.3) is 106 Å². The Labute approximate surface area is 334 Å². The predicted molar refractivity (Wildman–Crippen MR) is 234 cm³/mol. The van der Waals surface area contributed by atoms with Gasteiger partial charge < -0.3 is 4.42 Å². The molecule has 0 atom stereocenters. The summed E-state index contributed by atoms with van der Waals surface area (Å²) in [6.45, 7) is 0. The van der Waals surface area contributed by atoms with Crippen molar-refractivity contribution in [1.82, 2.24) is 24.5 Å². The average molecular weight is 744 g/mol. The van der Waals surface area contributed by atoms with Crippen LogP contribution in [0.2, 0.25) is 0 Å². The smallest absolute Gasteiger partial charge is 0.238 e. The molecule has 8 aromatic carbocycles. The van der Waals surface area contributed by atoms with E-state index in [2.05, 4.69) is 150 Å². The van der Waals surface area contributed by atoms with E-state index < -0.39 is 0 Å². The first-order chi connectivity index (χ1) is 28.7. The molecule has 272 valence electrons. The predicted octanol–water partition coefficient (Wildman–Crippen LogP) is 13.1.